The molecule has 1 nitrogen and oxygen atoms in total. The van der Waals surface area contributed by atoms with E-state index in [0.717, 1.165) is 18.2 Å². The minimum atomic E-state index is -4.37. The van der Waals surface area contributed by atoms with E-state index in [1.165, 1.54) is 0 Å². The third-order valence-electron chi connectivity index (χ3n) is 3.48. The van der Waals surface area contributed by atoms with Gasteiger partial charge in [0.1, 0.15) is 0 Å². The monoisotopic (exact) mass is 244 g/mol. The number of hydrogen-bond acceptors (Lipinski definition) is 1. The van der Waals surface area contributed by atoms with Crippen LogP contribution in [0.25, 0.3) is 0 Å². The van der Waals surface area contributed by atoms with E-state index in [1.807, 2.05) is 13.0 Å². The summed E-state index contributed by atoms with van der Waals surface area (Å²) in [4.78, 5) is 0. The van der Waals surface area contributed by atoms with E-state index >= 15 is 0 Å². The summed E-state index contributed by atoms with van der Waals surface area (Å²) in [5.74, 6) is 0. The lowest BCUT2D eigenvalue weighted by Gasteiger charge is -2.39. The molecule has 0 spiro atoms. The molecule has 4 heteroatoms. The molecule has 1 aliphatic carbocycles. The van der Waals surface area contributed by atoms with Crippen LogP contribution < -0.4 is 0 Å². The van der Waals surface area contributed by atoms with Crippen LogP contribution in [0.1, 0.15) is 29.5 Å². The Morgan fingerprint density at radius 2 is 2.00 bits per heavy atom. The van der Waals surface area contributed by atoms with Crippen LogP contribution in [-0.2, 0) is 16.8 Å². The van der Waals surface area contributed by atoms with Crippen LogP contribution in [0.3, 0.4) is 0 Å². The maximum Gasteiger partial charge on any atom is 0.421 e. The van der Waals surface area contributed by atoms with Crippen LogP contribution in [0, 0.1) is 6.92 Å². The number of fused-ring (bicyclic) bond motifs is 1. The van der Waals surface area contributed by atoms with Gasteiger partial charge in [0.05, 0.1) is 0 Å². The highest BCUT2D eigenvalue weighted by molar-refractivity contribution is 5.39. The van der Waals surface area contributed by atoms with Crippen LogP contribution >= 0.6 is 0 Å². The van der Waals surface area contributed by atoms with Crippen LogP contribution in [0.5, 0.6) is 0 Å². The van der Waals surface area contributed by atoms with E-state index in [2.05, 4.69) is 0 Å². The number of aryl methyl sites for hydroxylation is 2. The van der Waals surface area contributed by atoms with Gasteiger partial charge < -0.3 is 4.74 Å². The summed E-state index contributed by atoms with van der Waals surface area (Å²) in [5.41, 5.74) is -0.0912. The molecule has 2 rings (SSSR count). The highest BCUT2D eigenvalue weighted by atomic mass is 19.4. The Morgan fingerprint density at radius 1 is 1.29 bits per heavy atom. The maximum atomic E-state index is 13.3. The minimum Gasteiger partial charge on any atom is -0.364 e. The molecule has 1 atom stereocenters. The van der Waals surface area contributed by atoms with Crippen molar-refractivity contribution in [2.75, 3.05) is 7.11 Å². The number of methoxy groups -OCH3 is 1. The first-order chi connectivity index (χ1) is 7.90. The van der Waals surface area contributed by atoms with Gasteiger partial charge in [0.25, 0.3) is 0 Å². The summed E-state index contributed by atoms with van der Waals surface area (Å²) in [5, 5.41) is 0. The van der Waals surface area contributed by atoms with Crippen LogP contribution in [0.2, 0.25) is 0 Å². The fourth-order valence-corrected chi connectivity index (χ4v) is 2.61. The van der Waals surface area contributed by atoms with Crippen molar-refractivity contribution < 1.29 is 17.9 Å². The molecule has 94 valence electrons. The summed E-state index contributed by atoms with van der Waals surface area (Å²) in [6.45, 7) is 1.89. The van der Waals surface area contributed by atoms with Crippen molar-refractivity contribution in [1.29, 1.82) is 0 Å². The molecule has 0 fully saturated rings. The van der Waals surface area contributed by atoms with Crippen LogP contribution in [0.4, 0.5) is 13.2 Å². The largest absolute Gasteiger partial charge is 0.421 e. The van der Waals surface area contributed by atoms with Gasteiger partial charge in [-0.1, -0.05) is 23.8 Å². The van der Waals surface area contributed by atoms with Gasteiger partial charge in [-0.2, -0.15) is 13.2 Å². The van der Waals surface area contributed by atoms with Gasteiger partial charge >= 0.3 is 6.18 Å². The minimum absolute atomic E-state index is 0.00304. The first kappa shape index (κ1) is 12.4. The van der Waals surface area contributed by atoms with Gasteiger partial charge in [-0.25, -0.2) is 0 Å². The molecule has 0 bridgehead atoms. The zero-order valence-electron chi connectivity index (χ0n) is 9.90. The smallest absolute Gasteiger partial charge is 0.364 e. The maximum absolute atomic E-state index is 13.3. The molecule has 1 aromatic rings. The molecule has 1 unspecified atom stereocenters. The Bertz CT molecular complexity index is 425. The van der Waals surface area contributed by atoms with Gasteiger partial charge in [0.2, 0.25) is 0 Å². The lowest BCUT2D eigenvalue weighted by molar-refractivity contribution is -0.281. The van der Waals surface area contributed by atoms with Crippen molar-refractivity contribution in [3.8, 4) is 0 Å². The standard InChI is InChI=1S/C13H15F3O/c1-9-5-6-11-10(8-9)4-3-7-12(11,17-2)13(14,15)16/h5-6,8H,3-4,7H2,1-2H3. The number of benzene rings is 1. The molecule has 17 heavy (non-hydrogen) atoms. The van der Waals surface area contributed by atoms with Crippen molar-refractivity contribution >= 4 is 0 Å². The fraction of sp³-hybridized carbons (Fsp3) is 0.538. The van der Waals surface area contributed by atoms with E-state index in [4.69, 9.17) is 4.74 Å². The average Bonchev–Trinajstić information content (AvgIpc) is 2.26. The number of hydrogen-bond donors (Lipinski definition) is 0. The molecule has 0 aliphatic heterocycles. The summed E-state index contributed by atoms with van der Waals surface area (Å²) in [6.07, 6.45) is -3.17. The molecule has 0 heterocycles. The molecule has 0 N–H and O–H groups in total. The Morgan fingerprint density at radius 3 is 2.59 bits per heavy atom. The third-order valence-corrected chi connectivity index (χ3v) is 3.48. The second kappa shape index (κ2) is 4.02. The van der Waals surface area contributed by atoms with Gasteiger partial charge in [-0.15, -0.1) is 0 Å². The Hall–Kier alpha value is -1.03. The zero-order chi connectivity index (χ0) is 12.7. The number of alkyl halides is 3. The molecule has 0 saturated carbocycles. The number of ether oxygens (including phenoxy) is 1. The topological polar surface area (TPSA) is 9.23 Å². The Kier molecular flexibility index (Phi) is 2.94. The van der Waals surface area contributed by atoms with E-state index < -0.39 is 11.8 Å². The summed E-state index contributed by atoms with van der Waals surface area (Å²) >= 11 is 0. The summed E-state index contributed by atoms with van der Waals surface area (Å²) in [7, 11) is 1.14. The molecular weight excluding hydrogens is 229 g/mol. The van der Waals surface area contributed by atoms with Crippen molar-refractivity contribution in [2.45, 2.75) is 38.0 Å². The highest BCUT2D eigenvalue weighted by Gasteiger charge is 2.58. The van der Waals surface area contributed by atoms with Crippen molar-refractivity contribution in [3.05, 3.63) is 34.9 Å². The van der Waals surface area contributed by atoms with Gasteiger partial charge in [-0.05, 0) is 37.3 Å². The lowest BCUT2D eigenvalue weighted by atomic mass is 9.78. The lowest BCUT2D eigenvalue weighted by Crippen LogP contribution is -2.46. The van der Waals surface area contributed by atoms with Crippen molar-refractivity contribution in [2.24, 2.45) is 0 Å². The average molecular weight is 244 g/mol. The van der Waals surface area contributed by atoms with Crippen molar-refractivity contribution in [3.63, 3.8) is 0 Å². The molecule has 1 aromatic carbocycles. The van der Waals surface area contributed by atoms with Gasteiger partial charge in [0.15, 0.2) is 5.60 Å². The fourth-order valence-electron chi connectivity index (χ4n) is 2.61. The molecule has 0 aromatic heterocycles. The Balaban J connectivity index is 2.60. The molecular formula is C13H15F3O. The Labute approximate surface area is 98.6 Å². The van der Waals surface area contributed by atoms with Gasteiger partial charge in [-0.3, -0.25) is 0 Å². The van der Waals surface area contributed by atoms with E-state index in [-0.39, 0.29) is 12.0 Å². The quantitative estimate of drug-likeness (QED) is 0.731. The van der Waals surface area contributed by atoms with Crippen LogP contribution in [0.15, 0.2) is 18.2 Å². The zero-order valence-corrected chi connectivity index (χ0v) is 9.90. The van der Waals surface area contributed by atoms with Crippen LogP contribution in [-0.4, -0.2) is 13.3 Å². The molecule has 0 saturated heterocycles. The number of rotatable bonds is 1. The van der Waals surface area contributed by atoms with E-state index in [9.17, 15) is 13.2 Å². The molecule has 0 amide bonds. The first-order valence-electron chi connectivity index (χ1n) is 5.62. The van der Waals surface area contributed by atoms with Gasteiger partial charge in [0, 0.05) is 7.11 Å². The van der Waals surface area contributed by atoms with Crippen molar-refractivity contribution in [1.82, 2.24) is 0 Å². The molecule has 0 radical (unpaired) electrons. The second-order valence-electron chi connectivity index (χ2n) is 4.54. The van der Waals surface area contributed by atoms with E-state index in [1.54, 1.807) is 12.1 Å². The number of halogens is 3. The van der Waals surface area contributed by atoms with E-state index in [0.29, 0.717) is 12.8 Å². The normalized spacial score (nSPS) is 24.5. The SMILES string of the molecule is COC1(C(F)(F)F)CCCc2cc(C)ccc21. The third kappa shape index (κ3) is 1.84. The predicted octanol–water partition coefficient (Wildman–Crippen LogP) is 3.74. The first-order valence-corrected chi connectivity index (χ1v) is 5.62. The predicted molar refractivity (Wildman–Crippen MR) is 58.9 cm³/mol. The molecule has 1 aliphatic rings. The second-order valence-corrected chi connectivity index (χ2v) is 4.54. The summed E-state index contributed by atoms with van der Waals surface area (Å²) in [6, 6.07) is 5.10. The highest BCUT2D eigenvalue weighted by Crippen LogP contribution is 2.49. The summed E-state index contributed by atoms with van der Waals surface area (Å²) < 4.78 is 44.6.